The Morgan fingerprint density at radius 2 is 1.69 bits per heavy atom. The number of aryl methyl sites for hydroxylation is 1. The smallest absolute Gasteiger partial charge is 0.416 e. The third-order valence-electron chi connectivity index (χ3n) is 5.09. The van der Waals surface area contributed by atoms with Crippen molar-refractivity contribution in [1.29, 1.82) is 0 Å². The van der Waals surface area contributed by atoms with Gasteiger partial charge in [0.05, 0.1) is 10.6 Å². The van der Waals surface area contributed by atoms with Gasteiger partial charge in [-0.05, 0) is 62.0 Å². The monoisotopic (exact) mass is 472 g/mol. The summed E-state index contributed by atoms with van der Waals surface area (Å²) in [4.78, 5) is 16.2. The Morgan fingerprint density at radius 3 is 2.25 bits per heavy atom. The highest BCUT2D eigenvalue weighted by atomic mass is 35.5. The first-order valence-electron chi connectivity index (χ1n) is 10.3. The van der Waals surface area contributed by atoms with Crippen LogP contribution in [-0.4, -0.2) is 50.7 Å². The van der Waals surface area contributed by atoms with E-state index in [1.807, 2.05) is 19.1 Å². The van der Waals surface area contributed by atoms with Crippen LogP contribution in [0.2, 0.25) is 5.02 Å². The second-order valence-corrected chi connectivity index (χ2v) is 7.62. The molecule has 0 aliphatic carbocycles. The highest BCUT2D eigenvalue weighted by Crippen LogP contribution is 2.34. The van der Waals surface area contributed by atoms with Crippen LogP contribution in [0.1, 0.15) is 25.0 Å². The van der Waals surface area contributed by atoms with Gasteiger partial charge in [0.2, 0.25) is 0 Å². The van der Waals surface area contributed by atoms with Gasteiger partial charge >= 0.3 is 6.18 Å². The van der Waals surface area contributed by atoms with Gasteiger partial charge < -0.3 is 19.3 Å². The maximum absolute atomic E-state index is 12.7. The molecule has 9 heteroatoms. The molecule has 0 atom stereocenters. The molecule has 0 saturated carbocycles. The molecule has 0 bridgehead atoms. The van der Waals surface area contributed by atoms with Crippen LogP contribution in [0, 0.1) is 6.92 Å². The summed E-state index contributed by atoms with van der Waals surface area (Å²) in [6.45, 7) is 9.05. The predicted molar refractivity (Wildman–Crippen MR) is 120 cm³/mol. The molecule has 0 aliphatic rings. The number of ether oxygens (including phenoxy) is 2. The molecule has 176 valence electrons. The van der Waals surface area contributed by atoms with E-state index in [0.29, 0.717) is 12.3 Å². The zero-order valence-corrected chi connectivity index (χ0v) is 19.4. The SMILES string of the molecule is CCN(CC)CCOc1ccc(N(C)C(=O)COc2ccc(C(F)(F)F)cc2Cl)cc1C. The van der Waals surface area contributed by atoms with E-state index >= 15 is 0 Å². The van der Waals surface area contributed by atoms with Crippen molar-refractivity contribution in [1.82, 2.24) is 4.90 Å². The average Bonchev–Trinajstić information content (AvgIpc) is 2.75. The standard InChI is InChI=1S/C23H28ClF3N2O3/c1-5-29(6-2)11-12-31-20-10-8-18(13-16(20)3)28(4)22(30)15-32-21-9-7-17(14-19(21)24)23(25,26)27/h7-10,13-14H,5-6,11-12,15H2,1-4H3. The van der Waals surface area contributed by atoms with Gasteiger partial charge in [0.25, 0.3) is 5.91 Å². The minimum Gasteiger partial charge on any atom is -0.492 e. The van der Waals surface area contributed by atoms with Crippen LogP contribution in [0.15, 0.2) is 36.4 Å². The first-order chi connectivity index (χ1) is 15.1. The van der Waals surface area contributed by atoms with Crippen molar-refractivity contribution in [3.63, 3.8) is 0 Å². The van der Waals surface area contributed by atoms with Gasteiger partial charge in [-0.3, -0.25) is 4.79 Å². The van der Waals surface area contributed by atoms with Gasteiger partial charge in [-0.15, -0.1) is 0 Å². The summed E-state index contributed by atoms with van der Waals surface area (Å²) in [6, 6.07) is 8.14. The zero-order chi connectivity index (χ0) is 23.9. The molecule has 1 amide bonds. The number of hydrogen-bond donors (Lipinski definition) is 0. The van der Waals surface area contributed by atoms with Gasteiger partial charge in [0, 0.05) is 19.3 Å². The van der Waals surface area contributed by atoms with Crippen LogP contribution in [-0.2, 0) is 11.0 Å². The molecule has 0 aromatic heterocycles. The summed E-state index contributed by atoms with van der Waals surface area (Å²) in [5.74, 6) is 0.375. The van der Waals surface area contributed by atoms with Gasteiger partial charge in [0.15, 0.2) is 6.61 Å². The number of amides is 1. The van der Waals surface area contributed by atoms with E-state index in [4.69, 9.17) is 21.1 Å². The van der Waals surface area contributed by atoms with E-state index in [1.54, 1.807) is 13.1 Å². The molecule has 0 spiro atoms. The Bertz CT molecular complexity index is 918. The quantitative estimate of drug-likeness (QED) is 0.462. The molecule has 2 aromatic carbocycles. The third-order valence-corrected chi connectivity index (χ3v) is 5.39. The normalized spacial score (nSPS) is 11.5. The van der Waals surface area contributed by atoms with Crippen LogP contribution >= 0.6 is 11.6 Å². The van der Waals surface area contributed by atoms with E-state index in [-0.39, 0.29) is 23.3 Å². The maximum Gasteiger partial charge on any atom is 0.416 e. The molecular formula is C23H28ClF3N2O3. The molecule has 0 aliphatic heterocycles. The summed E-state index contributed by atoms with van der Waals surface area (Å²) in [6.07, 6.45) is -4.50. The number of hydrogen-bond acceptors (Lipinski definition) is 4. The summed E-state index contributed by atoms with van der Waals surface area (Å²) >= 11 is 5.87. The number of halogens is 4. The van der Waals surface area contributed by atoms with E-state index in [9.17, 15) is 18.0 Å². The summed E-state index contributed by atoms with van der Waals surface area (Å²) in [7, 11) is 1.59. The van der Waals surface area contributed by atoms with E-state index < -0.39 is 11.7 Å². The number of likely N-dealkylation sites (N-methyl/N-ethyl adjacent to an activating group) is 2. The van der Waals surface area contributed by atoms with Crippen molar-refractivity contribution in [2.24, 2.45) is 0 Å². The first-order valence-corrected chi connectivity index (χ1v) is 10.7. The number of benzene rings is 2. The second-order valence-electron chi connectivity index (χ2n) is 7.21. The first kappa shape index (κ1) is 25.8. The van der Waals surface area contributed by atoms with Gasteiger partial charge in [-0.1, -0.05) is 25.4 Å². The Morgan fingerprint density at radius 1 is 1.03 bits per heavy atom. The van der Waals surface area contributed by atoms with Crippen LogP contribution in [0.3, 0.4) is 0 Å². The van der Waals surface area contributed by atoms with Crippen molar-refractivity contribution in [2.75, 3.05) is 44.8 Å². The summed E-state index contributed by atoms with van der Waals surface area (Å²) < 4.78 is 49.4. The van der Waals surface area contributed by atoms with Crippen LogP contribution in [0.5, 0.6) is 11.5 Å². The molecule has 0 radical (unpaired) electrons. The van der Waals surface area contributed by atoms with E-state index in [1.165, 1.54) is 4.90 Å². The molecule has 0 N–H and O–H groups in total. The molecule has 5 nitrogen and oxygen atoms in total. The molecule has 0 saturated heterocycles. The Hall–Kier alpha value is -2.45. The topological polar surface area (TPSA) is 42.0 Å². The predicted octanol–water partition coefficient (Wildman–Crippen LogP) is 5.43. The van der Waals surface area contributed by atoms with Crippen molar-refractivity contribution in [3.05, 3.63) is 52.5 Å². The fraction of sp³-hybridized carbons (Fsp3) is 0.435. The molecule has 2 aromatic rings. The van der Waals surface area contributed by atoms with Crippen LogP contribution in [0.25, 0.3) is 0 Å². The Balaban J connectivity index is 1.95. The average molecular weight is 473 g/mol. The highest BCUT2D eigenvalue weighted by Gasteiger charge is 2.31. The van der Waals surface area contributed by atoms with Crippen molar-refractivity contribution in [3.8, 4) is 11.5 Å². The van der Waals surface area contributed by atoms with Crippen molar-refractivity contribution < 1.29 is 27.4 Å². The summed E-state index contributed by atoms with van der Waals surface area (Å²) in [5.41, 5.74) is 0.646. The lowest BCUT2D eigenvalue weighted by Crippen LogP contribution is -2.31. The number of carbonyl (C=O) groups is 1. The molecule has 2 rings (SSSR count). The fourth-order valence-corrected chi connectivity index (χ4v) is 3.24. The zero-order valence-electron chi connectivity index (χ0n) is 18.6. The lowest BCUT2D eigenvalue weighted by atomic mass is 10.2. The molecule has 0 fully saturated rings. The number of nitrogens with zero attached hydrogens (tertiary/aromatic N) is 2. The number of alkyl halides is 3. The minimum absolute atomic E-state index is 0.00884. The molecule has 0 heterocycles. The number of rotatable bonds is 10. The fourth-order valence-electron chi connectivity index (χ4n) is 3.00. The molecule has 32 heavy (non-hydrogen) atoms. The molecule has 0 unspecified atom stereocenters. The van der Waals surface area contributed by atoms with Gasteiger partial charge in [-0.2, -0.15) is 13.2 Å². The lowest BCUT2D eigenvalue weighted by molar-refractivity contribution is -0.137. The molecular weight excluding hydrogens is 445 g/mol. The van der Waals surface area contributed by atoms with E-state index in [0.717, 1.165) is 49.1 Å². The lowest BCUT2D eigenvalue weighted by Gasteiger charge is -2.21. The largest absolute Gasteiger partial charge is 0.492 e. The number of carbonyl (C=O) groups excluding carboxylic acids is 1. The van der Waals surface area contributed by atoms with Crippen molar-refractivity contribution >= 4 is 23.2 Å². The second kappa shape index (κ2) is 11.4. The third kappa shape index (κ3) is 7.03. The van der Waals surface area contributed by atoms with Gasteiger partial charge in [-0.25, -0.2) is 0 Å². The van der Waals surface area contributed by atoms with Crippen LogP contribution in [0.4, 0.5) is 18.9 Å². The highest BCUT2D eigenvalue weighted by molar-refractivity contribution is 6.32. The summed E-state index contributed by atoms with van der Waals surface area (Å²) in [5, 5.41) is -0.211. The Labute approximate surface area is 191 Å². The van der Waals surface area contributed by atoms with E-state index in [2.05, 4.69) is 18.7 Å². The Kier molecular flexibility index (Phi) is 9.21. The maximum atomic E-state index is 12.7. The van der Waals surface area contributed by atoms with Gasteiger partial charge in [0.1, 0.15) is 18.1 Å². The van der Waals surface area contributed by atoms with Crippen LogP contribution < -0.4 is 14.4 Å². The van der Waals surface area contributed by atoms with Crippen molar-refractivity contribution in [2.45, 2.75) is 26.9 Å². The minimum atomic E-state index is -4.50. The number of anilines is 1.